The summed E-state index contributed by atoms with van der Waals surface area (Å²) >= 11 is 23.9. The van der Waals surface area contributed by atoms with Crippen LogP contribution < -0.4 is 9.05 Å². The number of phosphoric acid groups is 1. The second kappa shape index (κ2) is 7.56. The molecule has 7 nitrogen and oxygen atoms in total. The van der Waals surface area contributed by atoms with Crippen molar-refractivity contribution in [1.82, 2.24) is 0 Å². The molecule has 0 radical (unpaired) electrons. The van der Waals surface area contributed by atoms with Crippen LogP contribution in [0, 0.1) is 24.0 Å². The van der Waals surface area contributed by atoms with Gasteiger partial charge in [-0.05, 0) is 31.0 Å². The van der Waals surface area contributed by atoms with Crippen molar-refractivity contribution in [2.75, 3.05) is 0 Å². The molecule has 0 saturated carbocycles. The van der Waals surface area contributed by atoms with Crippen molar-refractivity contribution < 1.29 is 23.1 Å². The Balaban J connectivity index is 2.16. The van der Waals surface area contributed by atoms with Crippen molar-refractivity contribution in [1.29, 1.82) is 0 Å². The van der Waals surface area contributed by atoms with Crippen LogP contribution in [-0.2, 0) is 9.09 Å². The number of nitrogens with zero attached hydrogens (tertiary/aromatic N) is 1. The summed E-state index contributed by atoms with van der Waals surface area (Å²) in [5.41, 5.74) is 0.694. The molecule has 2 atom stereocenters. The van der Waals surface area contributed by atoms with Gasteiger partial charge in [0.25, 0.3) is 0 Å². The molecular weight excluding hydrogens is 475 g/mol. The van der Waals surface area contributed by atoms with Gasteiger partial charge in [-0.3, -0.25) is 14.6 Å². The molecule has 1 aliphatic rings. The first-order chi connectivity index (χ1) is 12.9. The summed E-state index contributed by atoms with van der Waals surface area (Å²) in [7, 11) is -4.46. The maximum absolute atomic E-state index is 13.3. The first-order valence-corrected chi connectivity index (χ1v) is 10.7. The van der Waals surface area contributed by atoms with Gasteiger partial charge in [-0.2, -0.15) is 0 Å². The highest BCUT2D eigenvalue weighted by molar-refractivity contribution is 7.49. The number of nitro benzene ring substituents is 1. The second-order valence-electron chi connectivity index (χ2n) is 5.98. The van der Waals surface area contributed by atoms with E-state index in [1.165, 1.54) is 6.07 Å². The highest BCUT2D eigenvalue weighted by Crippen LogP contribution is 2.64. The van der Waals surface area contributed by atoms with Crippen LogP contribution in [0.4, 0.5) is 5.69 Å². The van der Waals surface area contributed by atoms with Crippen LogP contribution in [0.3, 0.4) is 0 Å². The van der Waals surface area contributed by atoms with E-state index in [4.69, 9.17) is 60.0 Å². The number of phosphoric ester groups is 1. The molecule has 2 aromatic carbocycles. The largest absolute Gasteiger partial charge is 0.588 e. The number of benzene rings is 2. The normalized spacial score (nSPS) is 21.6. The quantitative estimate of drug-likeness (QED) is 0.203. The van der Waals surface area contributed by atoms with Gasteiger partial charge in [-0.1, -0.05) is 64.6 Å². The molecule has 1 aliphatic heterocycles. The number of alkyl halides is 3. The van der Waals surface area contributed by atoms with Crippen molar-refractivity contribution >= 4 is 59.9 Å². The molecule has 0 aliphatic carbocycles. The van der Waals surface area contributed by atoms with Crippen LogP contribution in [0.25, 0.3) is 0 Å². The zero-order valence-corrected chi connectivity index (χ0v) is 18.2. The summed E-state index contributed by atoms with van der Waals surface area (Å²) in [5, 5.41) is 11.4. The number of aryl methyl sites for hydroxylation is 2. The fraction of sp³-hybridized carbons (Fsp3) is 0.250. The van der Waals surface area contributed by atoms with Crippen LogP contribution >= 0.6 is 54.2 Å². The topological polar surface area (TPSA) is 87.9 Å². The molecular formula is C16H12Cl4NO6P. The van der Waals surface area contributed by atoms with Crippen LogP contribution in [0.15, 0.2) is 30.3 Å². The van der Waals surface area contributed by atoms with E-state index in [1.54, 1.807) is 32.0 Å². The molecule has 12 heteroatoms. The lowest BCUT2D eigenvalue weighted by atomic mass is 10.1. The van der Waals surface area contributed by atoms with Gasteiger partial charge in [0, 0.05) is 16.7 Å². The molecule has 3 rings (SSSR count). The maximum atomic E-state index is 13.3. The molecule has 0 bridgehead atoms. The van der Waals surface area contributed by atoms with Crippen LogP contribution in [0.2, 0.25) is 5.02 Å². The van der Waals surface area contributed by atoms with Crippen molar-refractivity contribution in [2.45, 2.75) is 23.7 Å². The van der Waals surface area contributed by atoms with E-state index in [0.29, 0.717) is 11.1 Å². The monoisotopic (exact) mass is 485 g/mol. The molecule has 0 saturated heterocycles. The number of hydrogen-bond donors (Lipinski definition) is 0. The minimum Gasteiger partial charge on any atom is -0.394 e. The second-order valence-corrected chi connectivity index (χ2v) is 10.3. The number of fused-ring (bicyclic) bond motifs is 1. The SMILES string of the molecule is Cc1cccc(C)c1OP1(=O)Oc2c(cc(Cl)cc2[N+](=O)[O-])C(C(Cl)(Cl)Cl)O1. The van der Waals surface area contributed by atoms with Crippen LogP contribution in [-0.4, -0.2) is 8.72 Å². The van der Waals surface area contributed by atoms with Crippen LogP contribution in [0.1, 0.15) is 22.8 Å². The summed E-state index contributed by atoms with van der Waals surface area (Å²) in [4.78, 5) is 10.7. The van der Waals surface area contributed by atoms with E-state index in [-0.39, 0.29) is 16.3 Å². The summed E-state index contributed by atoms with van der Waals surface area (Å²) in [5.74, 6) is -0.166. The fourth-order valence-corrected chi connectivity index (χ4v) is 5.16. The summed E-state index contributed by atoms with van der Waals surface area (Å²) in [6, 6.07) is 7.54. The van der Waals surface area contributed by atoms with Gasteiger partial charge < -0.3 is 9.05 Å². The predicted molar refractivity (Wildman–Crippen MR) is 107 cm³/mol. The highest BCUT2D eigenvalue weighted by atomic mass is 35.6. The molecule has 2 unspecified atom stereocenters. The minimum absolute atomic E-state index is 0.00991. The fourth-order valence-electron chi connectivity index (χ4n) is 2.68. The van der Waals surface area contributed by atoms with E-state index in [0.717, 1.165) is 6.07 Å². The Morgan fingerprint density at radius 3 is 2.36 bits per heavy atom. The zero-order chi connectivity index (χ0) is 20.9. The number of para-hydroxylation sites is 1. The van der Waals surface area contributed by atoms with Crippen molar-refractivity contribution in [3.8, 4) is 11.5 Å². The molecule has 0 aromatic heterocycles. The van der Waals surface area contributed by atoms with Crippen molar-refractivity contribution in [3.63, 3.8) is 0 Å². The van der Waals surface area contributed by atoms with E-state index in [1.807, 2.05) is 0 Å². The molecule has 0 N–H and O–H groups in total. The first-order valence-electron chi connectivity index (χ1n) is 7.69. The predicted octanol–water partition coefficient (Wildman–Crippen LogP) is 6.87. The minimum atomic E-state index is -4.46. The average Bonchev–Trinajstić information content (AvgIpc) is 2.56. The smallest absolute Gasteiger partial charge is 0.394 e. The van der Waals surface area contributed by atoms with Gasteiger partial charge in [-0.25, -0.2) is 4.57 Å². The third-order valence-electron chi connectivity index (χ3n) is 3.89. The standard InChI is InChI=1S/C16H12Cl4NO6P/c1-8-4-3-5-9(2)13(8)25-28(24)26-14-11(15(27-28)16(18,19)20)6-10(17)7-12(14)21(22)23/h3-7,15H,1-2H3. The van der Waals surface area contributed by atoms with Crippen molar-refractivity contribution in [2.24, 2.45) is 0 Å². The Morgan fingerprint density at radius 1 is 1.21 bits per heavy atom. The lowest BCUT2D eigenvalue weighted by Crippen LogP contribution is -2.26. The molecule has 0 spiro atoms. The Kier molecular flexibility index (Phi) is 5.80. The number of nitro groups is 1. The summed E-state index contributed by atoms with van der Waals surface area (Å²) in [6.45, 7) is 3.45. The maximum Gasteiger partial charge on any atom is 0.588 e. The molecule has 28 heavy (non-hydrogen) atoms. The number of rotatable bonds is 3. The van der Waals surface area contributed by atoms with Crippen molar-refractivity contribution in [3.05, 3.63) is 62.2 Å². The Morgan fingerprint density at radius 2 is 1.82 bits per heavy atom. The van der Waals surface area contributed by atoms with Gasteiger partial charge >= 0.3 is 13.5 Å². The lowest BCUT2D eigenvalue weighted by molar-refractivity contribution is -0.385. The van der Waals surface area contributed by atoms with Gasteiger partial charge in [0.1, 0.15) is 11.9 Å². The van der Waals surface area contributed by atoms with Gasteiger partial charge in [0.2, 0.25) is 9.54 Å². The third kappa shape index (κ3) is 4.20. The van der Waals surface area contributed by atoms with Crippen LogP contribution in [0.5, 0.6) is 11.5 Å². The lowest BCUT2D eigenvalue weighted by Gasteiger charge is -2.34. The van der Waals surface area contributed by atoms with E-state index in [9.17, 15) is 14.7 Å². The summed E-state index contributed by atoms with van der Waals surface area (Å²) in [6.07, 6.45) is -1.49. The van der Waals surface area contributed by atoms with E-state index in [2.05, 4.69) is 0 Å². The first kappa shape index (κ1) is 21.5. The summed E-state index contributed by atoms with van der Waals surface area (Å²) < 4.78 is 27.4. The molecule has 2 aromatic rings. The zero-order valence-electron chi connectivity index (χ0n) is 14.3. The molecule has 0 fully saturated rings. The number of halogens is 4. The van der Waals surface area contributed by atoms with E-state index < -0.39 is 34.1 Å². The molecule has 1 heterocycles. The number of hydrogen-bond acceptors (Lipinski definition) is 6. The van der Waals surface area contributed by atoms with E-state index >= 15 is 0 Å². The molecule has 0 amide bonds. The Labute approximate surface area is 180 Å². The van der Waals surface area contributed by atoms with Gasteiger partial charge in [-0.15, -0.1) is 0 Å². The highest BCUT2D eigenvalue weighted by Gasteiger charge is 2.51. The van der Waals surface area contributed by atoms with Gasteiger partial charge in [0.15, 0.2) is 0 Å². The third-order valence-corrected chi connectivity index (χ3v) is 5.98. The van der Waals surface area contributed by atoms with Gasteiger partial charge in [0.05, 0.1) is 4.92 Å². The Bertz CT molecular complexity index is 989. The Hall–Kier alpha value is -1.21. The average molecular weight is 487 g/mol. The molecule has 150 valence electrons.